The molecule has 2 fully saturated rings. The van der Waals surface area contributed by atoms with Gasteiger partial charge in [0.15, 0.2) is 0 Å². The maximum absolute atomic E-state index is 13.2. The van der Waals surface area contributed by atoms with Gasteiger partial charge in [-0.25, -0.2) is 14.5 Å². The highest BCUT2D eigenvalue weighted by Crippen LogP contribution is 2.27. The fourth-order valence-electron chi connectivity index (χ4n) is 4.88. The summed E-state index contributed by atoms with van der Waals surface area (Å²) in [6.07, 6.45) is 1.27. The third kappa shape index (κ3) is 4.75. The van der Waals surface area contributed by atoms with E-state index < -0.39 is 0 Å². The van der Waals surface area contributed by atoms with E-state index in [-0.39, 0.29) is 36.6 Å². The van der Waals surface area contributed by atoms with Crippen molar-refractivity contribution in [3.8, 4) is 0 Å². The molecule has 178 valence electrons. The van der Waals surface area contributed by atoms with Gasteiger partial charge in [0.05, 0.1) is 11.7 Å². The van der Waals surface area contributed by atoms with Gasteiger partial charge in [-0.15, -0.1) is 0 Å². The lowest BCUT2D eigenvalue weighted by Crippen LogP contribution is -2.51. The van der Waals surface area contributed by atoms with E-state index >= 15 is 0 Å². The van der Waals surface area contributed by atoms with E-state index in [1.54, 1.807) is 21.9 Å². The summed E-state index contributed by atoms with van der Waals surface area (Å²) in [6, 6.07) is 28.1. The lowest BCUT2D eigenvalue weighted by atomic mass is 9.98. The topological polar surface area (TPSA) is 73.0 Å². The number of anilines is 1. The van der Waals surface area contributed by atoms with Crippen molar-refractivity contribution in [3.63, 3.8) is 0 Å². The molecule has 3 aromatic rings. The zero-order valence-electron chi connectivity index (χ0n) is 19.4. The number of rotatable bonds is 5. The number of likely N-dealkylation sites (tertiary alicyclic amines) is 1. The molecule has 5 rings (SSSR count). The molecular formula is C28H28N4O3. The molecular weight excluding hydrogens is 440 g/mol. The van der Waals surface area contributed by atoms with Crippen LogP contribution in [0, 0.1) is 0 Å². The van der Waals surface area contributed by atoms with Crippen LogP contribution in [-0.2, 0) is 4.79 Å². The maximum atomic E-state index is 13.2. The van der Waals surface area contributed by atoms with Crippen LogP contribution in [0.1, 0.15) is 30.0 Å². The van der Waals surface area contributed by atoms with Crippen LogP contribution < -0.4 is 10.2 Å². The standard InChI is InChI=1S/C28H28N4O3/c33-25-20-31(28(35)32(25)24-14-8-3-9-15-24)23-16-18-30(19-17-23)27(34)29-26(21-10-4-1-5-11-21)22-12-6-2-7-13-22/h1-15,23,26H,16-20H2,(H,29,34). The lowest BCUT2D eigenvalue weighted by molar-refractivity contribution is -0.116. The quantitative estimate of drug-likeness (QED) is 0.564. The molecule has 0 radical (unpaired) electrons. The van der Waals surface area contributed by atoms with Gasteiger partial charge in [-0.2, -0.15) is 0 Å². The zero-order valence-corrected chi connectivity index (χ0v) is 19.4. The number of urea groups is 2. The van der Waals surface area contributed by atoms with Gasteiger partial charge in [-0.3, -0.25) is 4.79 Å². The second kappa shape index (κ2) is 10.0. The predicted molar refractivity (Wildman–Crippen MR) is 134 cm³/mol. The number of nitrogens with one attached hydrogen (secondary N) is 1. The van der Waals surface area contributed by atoms with Gasteiger partial charge >= 0.3 is 12.1 Å². The van der Waals surface area contributed by atoms with Crippen LogP contribution >= 0.6 is 0 Å². The Bertz CT molecular complexity index is 1140. The lowest BCUT2D eigenvalue weighted by Gasteiger charge is -2.36. The summed E-state index contributed by atoms with van der Waals surface area (Å²) in [5.74, 6) is -0.213. The van der Waals surface area contributed by atoms with E-state index in [9.17, 15) is 14.4 Å². The minimum Gasteiger partial charge on any atom is -0.327 e. The van der Waals surface area contributed by atoms with Crippen LogP contribution in [0.2, 0.25) is 0 Å². The van der Waals surface area contributed by atoms with E-state index in [2.05, 4.69) is 5.32 Å². The Morgan fingerprint density at radius 3 is 1.83 bits per heavy atom. The number of imide groups is 1. The van der Waals surface area contributed by atoms with E-state index in [0.29, 0.717) is 31.6 Å². The molecule has 0 spiro atoms. The fourth-order valence-corrected chi connectivity index (χ4v) is 4.88. The van der Waals surface area contributed by atoms with Gasteiger partial charge in [0.25, 0.3) is 5.91 Å². The number of para-hydroxylation sites is 1. The highest BCUT2D eigenvalue weighted by molar-refractivity contribution is 6.19. The summed E-state index contributed by atoms with van der Waals surface area (Å²) in [4.78, 5) is 43.5. The number of nitrogens with zero attached hydrogens (tertiary/aromatic N) is 3. The Balaban J connectivity index is 1.23. The SMILES string of the molecule is O=C(NC(c1ccccc1)c1ccccc1)N1CCC(N2CC(=O)N(c3ccccc3)C2=O)CC1. The van der Waals surface area contributed by atoms with Gasteiger partial charge < -0.3 is 15.1 Å². The monoisotopic (exact) mass is 468 g/mol. The molecule has 1 N–H and O–H groups in total. The molecule has 2 saturated heterocycles. The highest BCUT2D eigenvalue weighted by atomic mass is 16.2. The summed E-state index contributed by atoms with van der Waals surface area (Å²) in [6.45, 7) is 1.13. The average molecular weight is 469 g/mol. The number of hydrogen-bond acceptors (Lipinski definition) is 3. The van der Waals surface area contributed by atoms with Crippen LogP contribution in [0.4, 0.5) is 15.3 Å². The van der Waals surface area contributed by atoms with Gasteiger partial charge in [0, 0.05) is 19.1 Å². The Hall–Kier alpha value is -4.13. The first-order valence-electron chi connectivity index (χ1n) is 12.0. The molecule has 0 saturated carbocycles. The first-order valence-corrected chi connectivity index (χ1v) is 12.0. The molecule has 7 nitrogen and oxygen atoms in total. The number of hydrogen-bond donors (Lipinski definition) is 1. The molecule has 0 atom stereocenters. The van der Waals surface area contributed by atoms with Crippen LogP contribution in [0.25, 0.3) is 0 Å². The van der Waals surface area contributed by atoms with E-state index in [1.807, 2.05) is 78.9 Å². The minimum atomic E-state index is -0.280. The van der Waals surface area contributed by atoms with Gasteiger partial charge in [-0.05, 0) is 36.1 Å². The summed E-state index contributed by atoms with van der Waals surface area (Å²) in [5, 5.41) is 3.19. The van der Waals surface area contributed by atoms with Crippen LogP contribution in [0.15, 0.2) is 91.0 Å². The third-order valence-electron chi connectivity index (χ3n) is 6.73. The van der Waals surface area contributed by atoms with Crippen LogP contribution in [0.3, 0.4) is 0 Å². The number of amides is 5. The van der Waals surface area contributed by atoms with Gasteiger partial charge in [-0.1, -0.05) is 78.9 Å². The molecule has 35 heavy (non-hydrogen) atoms. The van der Waals surface area contributed by atoms with Crippen molar-refractivity contribution in [2.24, 2.45) is 0 Å². The van der Waals surface area contributed by atoms with Crippen molar-refractivity contribution < 1.29 is 14.4 Å². The van der Waals surface area contributed by atoms with Crippen molar-refractivity contribution in [3.05, 3.63) is 102 Å². The summed E-state index contributed by atoms with van der Waals surface area (Å²) < 4.78 is 0. The van der Waals surface area contributed by atoms with Crippen LogP contribution in [0.5, 0.6) is 0 Å². The maximum Gasteiger partial charge on any atom is 0.332 e. The largest absolute Gasteiger partial charge is 0.332 e. The second-order valence-electron chi connectivity index (χ2n) is 8.90. The molecule has 2 heterocycles. The van der Waals surface area contributed by atoms with Crippen molar-refractivity contribution in [2.75, 3.05) is 24.5 Å². The fraction of sp³-hybridized carbons (Fsp3) is 0.250. The van der Waals surface area contributed by atoms with Crippen molar-refractivity contribution in [2.45, 2.75) is 24.9 Å². The zero-order chi connectivity index (χ0) is 24.2. The first kappa shape index (κ1) is 22.7. The minimum absolute atomic E-state index is 0.0664. The smallest absolute Gasteiger partial charge is 0.327 e. The number of benzene rings is 3. The molecule has 0 aromatic heterocycles. The first-order chi connectivity index (χ1) is 17.1. The summed E-state index contributed by atoms with van der Waals surface area (Å²) in [5.41, 5.74) is 2.63. The van der Waals surface area contributed by atoms with E-state index in [1.165, 1.54) is 4.90 Å². The molecule has 0 aliphatic carbocycles. The Morgan fingerprint density at radius 1 is 0.771 bits per heavy atom. The molecule has 7 heteroatoms. The third-order valence-corrected chi connectivity index (χ3v) is 6.73. The molecule has 2 aliphatic rings. The number of carbonyl (C=O) groups is 3. The predicted octanol–water partition coefficient (Wildman–Crippen LogP) is 4.42. The number of carbonyl (C=O) groups excluding carboxylic acids is 3. The van der Waals surface area contributed by atoms with Crippen molar-refractivity contribution >= 4 is 23.7 Å². The Morgan fingerprint density at radius 2 is 1.29 bits per heavy atom. The van der Waals surface area contributed by atoms with E-state index in [0.717, 1.165) is 11.1 Å². The summed E-state index contributed by atoms with van der Waals surface area (Å²) in [7, 11) is 0. The summed E-state index contributed by atoms with van der Waals surface area (Å²) >= 11 is 0. The van der Waals surface area contributed by atoms with Gasteiger partial charge in [0.2, 0.25) is 0 Å². The Labute approximate surface area is 204 Å². The normalized spacial score (nSPS) is 16.8. The molecule has 3 aromatic carbocycles. The Kier molecular flexibility index (Phi) is 6.48. The van der Waals surface area contributed by atoms with Crippen molar-refractivity contribution in [1.82, 2.24) is 15.1 Å². The van der Waals surface area contributed by atoms with E-state index in [4.69, 9.17) is 0 Å². The molecule has 5 amide bonds. The number of piperidine rings is 1. The van der Waals surface area contributed by atoms with Gasteiger partial charge in [0.1, 0.15) is 6.54 Å². The second-order valence-corrected chi connectivity index (χ2v) is 8.90. The van der Waals surface area contributed by atoms with Crippen LogP contribution in [-0.4, -0.2) is 53.4 Å². The highest BCUT2D eigenvalue weighted by Gasteiger charge is 2.41. The average Bonchev–Trinajstić information content (AvgIpc) is 3.22. The molecule has 0 bridgehead atoms. The molecule has 0 unspecified atom stereocenters. The van der Waals surface area contributed by atoms with Crippen molar-refractivity contribution in [1.29, 1.82) is 0 Å². The molecule has 2 aliphatic heterocycles.